The number of para-hydroxylation sites is 2. The number of carbonyl (C=O) groups is 2. The van der Waals surface area contributed by atoms with Crippen molar-refractivity contribution in [1.29, 1.82) is 0 Å². The normalized spacial score (nSPS) is 11.9. The number of hydrogen-bond donors (Lipinski definition) is 2. The van der Waals surface area contributed by atoms with Gasteiger partial charge in [-0.15, -0.1) is 0 Å². The van der Waals surface area contributed by atoms with Gasteiger partial charge in [0.25, 0.3) is 5.91 Å². The second-order valence-corrected chi connectivity index (χ2v) is 6.31. The van der Waals surface area contributed by atoms with Crippen LogP contribution in [0.15, 0.2) is 54.7 Å². The molecular formula is C21H21FN2O3. The predicted octanol–water partition coefficient (Wildman–Crippen LogP) is 4.20. The zero-order chi connectivity index (χ0) is 19.2. The lowest BCUT2D eigenvalue weighted by Crippen LogP contribution is -2.30. The number of nitrogens with one attached hydrogen (secondary N) is 2. The first-order valence-electron chi connectivity index (χ1n) is 8.84. The fraction of sp³-hybridized carbons (Fsp3) is 0.238. The van der Waals surface area contributed by atoms with Gasteiger partial charge < -0.3 is 15.0 Å². The molecule has 140 valence electrons. The molecule has 1 unspecified atom stereocenters. The molecule has 1 amide bonds. The van der Waals surface area contributed by atoms with Crippen LogP contribution in [0.5, 0.6) is 0 Å². The number of fused-ring (bicyclic) bond motifs is 1. The lowest BCUT2D eigenvalue weighted by Gasteiger charge is -2.13. The van der Waals surface area contributed by atoms with Gasteiger partial charge in [-0.3, -0.25) is 9.59 Å². The van der Waals surface area contributed by atoms with E-state index in [-0.39, 0.29) is 12.1 Å². The minimum absolute atomic E-state index is 0.0599. The Bertz CT molecular complexity index is 951. The highest BCUT2D eigenvalue weighted by molar-refractivity contribution is 5.95. The van der Waals surface area contributed by atoms with Crippen LogP contribution in [-0.2, 0) is 20.7 Å². The van der Waals surface area contributed by atoms with Gasteiger partial charge in [0.2, 0.25) is 0 Å². The Morgan fingerprint density at radius 1 is 1.15 bits per heavy atom. The van der Waals surface area contributed by atoms with E-state index in [9.17, 15) is 14.0 Å². The van der Waals surface area contributed by atoms with Gasteiger partial charge in [0.05, 0.1) is 5.69 Å². The van der Waals surface area contributed by atoms with Gasteiger partial charge in [-0.2, -0.15) is 0 Å². The SMILES string of the molecule is CC(OC(=O)CCCc1c[nH]c2ccccc12)C(=O)Nc1ccccc1F. The second kappa shape index (κ2) is 8.49. The van der Waals surface area contributed by atoms with Crippen LogP contribution in [0, 0.1) is 5.82 Å². The summed E-state index contributed by atoms with van der Waals surface area (Å²) in [7, 11) is 0. The Labute approximate surface area is 156 Å². The van der Waals surface area contributed by atoms with Crippen molar-refractivity contribution in [3.05, 3.63) is 66.1 Å². The van der Waals surface area contributed by atoms with Gasteiger partial charge in [-0.25, -0.2) is 4.39 Å². The summed E-state index contributed by atoms with van der Waals surface area (Å²) in [5, 5.41) is 3.56. The summed E-state index contributed by atoms with van der Waals surface area (Å²) >= 11 is 0. The molecule has 0 aliphatic heterocycles. The summed E-state index contributed by atoms with van der Waals surface area (Å²) in [4.78, 5) is 27.2. The Kier molecular flexibility index (Phi) is 5.86. The molecule has 1 atom stereocenters. The number of anilines is 1. The molecule has 0 aliphatic rings. The van der Waals surface area contributed by atoms with Crippen LogP contribution in [0.25, 0.3) is 10.9 Å². The van der Waals surface area contributed by atoms with Crippen LogP contribution in [0.4, 0.5) is 10.1 Å². The number of halogens is 1. The average molecular weight is 368 g/mol. The summed E-state index contributed by atoms with van der Waals surface area (Å²) in [6.45, 7) is 1.47. The number of aryl methyl sites for hydroxylation is 1. The molecule has 27 heavy (non-hydrogen) atoms. The van der Waals surface area contributed by atoms with Gasteiger partial charge in [0, 0.05) is 23.5 Å². The van der Waals surface area contributed by atoms with E-state index in [4.69, 9.17) is 4.74 Å². The van der Waals surface area contributed by atoms with Crippen molar-refractivity contribution < 1.29 is 18.7 Å². The Morgan fingerprint density at radius 2 is 1.89 bits per heavy atom. The first kappa shape index (κ1) is 18.6. The summed E-state index contributed by atoms with van der Waals surface area (Å²) in [6, 6.07) is 13.8. The topological polar surface area (TPSA) is 71.2 Å². The summed E-state index contributed by atoms with van der Waals surface area (Å²) < 4.78 is 18.7. The van der Waals surface area contributed by atoms with Crippen LogP contribution in [-0.4, -0.2) is 23.0 Å². The number of H-pyrrole nitrogens is 1. The second-order valence-electron chi connectivity index (χ2n) is 6.31. The molecule has 6 heteroatoms. The van der Waals surface area contributed by atoms with Crippen molar-refractivity contribution in [3.63, 3.8) is 0 Å². The molecule has 3 rings (SSSR count). The molecule has 0 bridgehead atoms. The van der Waals surface area contributed by atoms with E-state index in [0.717, 1.165) is 22.9 Å². The predicted molar refractivity (Wildman–Crippen MR) is 102 cm³/mol. The van der Waals surface area contributed by atoms with Crippen LogP contribution in [0.3, 0.4) is 0 Å². The monoisotopic (exact) mass is 368 g/mol. The van der Waals surface area contributed by atoms with E-state index >= 15 is 0 Å². The van der Waals surface area contributed by atoms with Gasteiger partial charge in [-0.05, 0) is 43.5 Å². The Balaban J connectivity index is 1.46. The van der Waals surface area contributed by atoms with Gasteiger partial charge in [-0.1, -0.05) is 30.3 Å². The van der Waals surface area contributed by atoms with Crippen molar-refractivity contribution >= 4 is 28.5 Å². The van der Waals surface area contributed by atoms with E-state index in [1.165, 1.54) is 25.1 Å². The number of carbonyl (C=O) groups excluding carboxylic acids is 2. The third kappa shape index (κ3) is 4.73. The van der Waals surface area contributed by atoms with Crippen LogP contribution >= 0.6 is 0 Å². The minimum Gasteiger partial charge on any atom is -0.453 e. The van der Waals surface area contributed by atoms with E-state index in [1.807, 2.05) is 30.5 Å². The Hall–Kier alpha value is -3.15. The summed E-state index contributed by atoms with van der Waals surface area (Å²) in [5.74, 6) is -1.56. The molecular weight excluding hydrogens is 347 g/mol. The Morgan fingerprint density at radius 3 is 2.70 bits per heavy atom. The average Bonchev–Trinajstić information content (AvgIpc) is 3.07. The number of rotatable bonds is 7. The zero-order valence-electron chi connectivity index (χ0n) is 15.0. The van der Waals surface area contributed by atoms with E-state index < -0.39 is 23.8 Å². The molecule has 3 aromatic rings. The number of amides is 1. The van der Waals surface area contributed by atoms with Crippen molar-refractivity contribution in [2.24, 2.45) is 0 Å². The molecule has 1 heterocycles. The molecule has 0 saturated heterocycles. The number of ether oxygens (including phenoxy) is 1. The molecule has 0 spiro atoms. The molecule has 5 nitrogen and oxygen atoms in total. The number of hydrogen-bond acceptors (Lipinski definition) is 3. The minimum atomic E-state index is -0.995. The maximum absolute atomic E-state index is 13.6. The van der Waals surface area contributed by atoms with Gasteiger partial charge in [0.15, 0.2) is 6.10 Å². The smallest absolute Gasteiger partial charge is 0.306 e. The fourth-order valence-corrected chi connectivity index (χ4v) is 2.87. The number of benzene rings is 2. The lowest BCUT2D eigenvalue weighted by molar-refractivity contribution is -0.153. The van der Waals surface area contributed by atoms with E-state index in [1.54, 1.807) is 6.07 Å². The first-order chi connectivity index (χ1) is 13.0. The van der Waals surface area contributed by atoms with Crippen LogP contribution < -0.4 is 5.32 Å². The lowest BCUT2D eigenvalue weighted by atomic mass is 10.1. The zero-order valence-corrected chi connectivity index (χ0v) is 15.0. The molecule has 1 aromatic heterocycles. The third-order valence-electron chi connectivity index (χ3n) is 4.31. The molecule has 0 saturated carbocycles. The summed E-state index contributed by atoms with van der Waals surface area (Å²) in [5.41, 5.74) is 2.27. The standard InChI is InChI=1S/C21H21FN2O3/c1-14(21(26)24-19-11-5-3-9-17(19)22)27-20(25)12-6-7-15-13-23-18-10-4-2-8-16(15)18/h2-5,8-11,13-14,23H,6-7,12H2,1H3,(H,24,26). The quantitative estimate of drug-likeness (QED) is 0.614. The van der Waals surface area contributed by atoms with Gasteiger partial charge in [0.1, 0.15) is 5.82 Å². The molecule has 2 aromatic carbocycles. The summed E-state index contributed by atoms with van der Waals surface area (Å²) in [6.07, 6.45) is 2.50. The van der Waals surface area contributed by atoms with Gasteiger partial charge >= 0.3 is 5.97 Å². The van der Waals surface area contributed by atoms with E-state index in [2.05, 4.69) is 10.3 Å². The van der Waals surface area contributed by atoms with Crippen molar-refractivity contribution in [3.8, 4) is 0 Å². The molecule has 2 N–H and O–H groups in total. The third-order valence-corrected chi connectivity index (χ3v) is 4.31. The molecule has 0 fully saturated rings. The first-order valence-corrected chi connectivity index (χ1v) is 8.84. The number of aromatic nitrogens is 1. The van der Waals surface area contributed by atoms with Crippen LogP contribution in [0.1, 0.15) is 25.3 Å². The van der Waals surface area contributed by atoms with E-state index in [0.29, 0.717) is 6.42 Å². The maximum atomic E-state index is 13.6. The number of aromatic amines is 1. The van der Waals surface area contributed by atoms with Crippen molar-refractivity contribution in [2.45, 2.75) is 32.3 Å². The highest BCUT2D eigenvalue weighted by Gasteiger charge is 2.19. The van der Waals surface area contributed by atoms with Crippen LogP contribution in [0.2, 0.25) is 0 Å². The maximum Gasteiger partial charge on any atom is 0.306 e. The molecule has 0 aliphatic carbocycles. The number of esters is 1. The van der Waals surface area contributed by atoms with Crippen molar-refractivity contribution in [1.82, 2.24) is 4.98 Å². The fourth-order valence-electron chi connectivity index (χ4n) is 2.87. The largest absolute Gasteiger partial charge is 0.453 e. The highest BCUT2D eigenvalue weighted by atomic mass is 19.1. The highest BCUT2D eigenvalue weighted by Crippen LogP contribution is 2.19. The van der Waals surface area contributed by atoms with Crippen molar-refractivity contribution in [2.75, 3.05) is 5.32 Å². The molecule has 0 radical (unpaired) electrons.